The lowest BCUT2D eigenvalue weighted by molar-refractivity contribution is 0.602. The van der Waals surface area contributed by atoms with E-state index in [0.717, 1.165) is 4.90 Å². The van der Waals surface area contributed by atoms with Gasteiger partial charge in [0.25, 0.3) is 0 Å². The van der Waals surface area contributed by atoms with Crippen LogP contribution in [0, 0.1) is 12.7 Å². The molecule has 0 radical (unpaired) electrons. The van der Waals surface area contributed by atoms with Gasteiger partial charge in [-0.1, -0.05) is 17.7 Å². The summed E-state index contributed by atoms with van der Waals surface area (Å²) in [5, 5.41) is 3.60. The molecule has 0 aliphatic heterocycles. The fourth-order valence-corrected chi connectivity index (χ4v) is 2.74. The maximum atomic E-state index is 13.8. The molecule has 0 saturated carbocycles. The van der Waals surface area contributed by atoms with Gasteiger partial charge < -0.3 is 5.32 Å². The van der Waals surface area contributed by atoms with Gasteiger partial charge >= 0.3 is 0 Å². The molecule has 0 aliphatic carbocycles. The molecular formula is C14H15ClFN3S. The van der Waals surface area contributed by atoms with E-state index < -0.39 is 0 Å². The minimum absolute atomic E-state index is 0.265. The number of aromatic nitrogens is 2. The highest BCUT2D eigenvalue weighted by Gasteiger charge is 2.11. The van der Waals surface area contributed by atoms with Crippen LogP contribution in [-0.2, 0) is 5.75 Å². The van der Waals surface area contributed by atoms with E-state index >= 15 is 0 Å². The second-order valence-electron chi connectivity index (χ2n) is 4.16. The lowest BCUT2D eigenvalue weighted by atomic mass is 10.4. The number of nitrogens with zero attached hydrogens (tertiary/aromatic N) is 2. The van der Waals surface area contributed by atoms with Crippen LogP contribution in [0.5, 0.6) is 0 Å². The first kappa shape index (κ1) is 15.1. The fourth-order valence-electron chi connectivity index (χ4n) is 1.67. The number of rotatable bonds is 5. The molecule has 1 heterocycles. The van der Waals surface area contributed by atoms with Crippen molar-refractivity contribution in [3.8, 4) is 0 Å². The minimum atomic E-state index is -0.386. The summed E-state index contributed by atoms with van der Waals surface area (Å²) in [7, 11) is 0. The topological polar surface area (TPSA) is 37.8 Å². The van der Waals surface area contributed by atoms with Crippen LogP contribution in [0.1, 0.15) is 18.4 Å². The Morgan fingerprint density at radius 3 is 2.85 bits per heavy atom. The van der Waals surface area contributed by atoms with E-state index in [2.05, 4.69) is 15.3 Å². The first-order valence-electron chi connectivity index (χ1n) is 6.25. The summed E-state index contributed by atoms with van der Waals surface area (Å²) in [6, 6.07) is 7.57. The lowest BCUT2D eigenvalue weighted by Crippen LogP contribution is -2.08. The van der Waals surface area contributed by atoms with Crippen LogP contribution in [0.15, 0.2) is 29.2 Å². The number of benzene rings is 1. The number of anilines is 1. The van der Waals surface area contributed by atoms with Crippen molar-refractivity contribution in [3.05, 3.63) is 46.6 Å². The van der Waals surface area contributed by atoms with Crippen molar-refractivity contribution in [2.75, 3.05) is 11.9 Å². The van der Waals surface area contributed by atoms with Crippen LogP contribution < -0.4 is 5.32 Å². The Hall–Kier alpha value is -1.33. The Bertz CT molecular complexity index is 607. The highest BCUT2D eigenvalue weighted by Crippen LogP contribution is 2.25. The molecule has 0 spiro atoms. The first-order chi connectivity index (χ1) is 9.60. The third kappa shape index (κ3) is 3.84. The van der Waals surface area contributed by atoms with Crippen LogP contribution in [0.3, 0.4) is 0 Å². The quantitative estimate of drug-likeness (QED) is 0.835. The summed E-state index contributed by atoms with van der Waals surface area (Å²) in [4.78, 5) is 9.42. The van der Waals surface area contributed by atoms with E-state index in [-0.39, 0.29) is 11.6 Å². The molecular weight excluding hydrogens is 297 g/mol. The summed E-state index contributed by atoms with van der Waals surface area (Å²) < 4.78 is 13.8. The summed E-state index contributed by atoms with van der Waals surface area (Å²) in [6.07, 6.45) is 0. The molecule has 6 heteroatoms. The Morgan fingerprint density at radius 1 is 1.35 bits per heavy atom. The predicted molar refractivity (Wildman–Crippen MR) is 81.9 cm³/mol. The number of thioether (sulfide) groups is 1. The van der Waals surface area contributed by atoms with Gasteiger partial charge in [-0.15, -0.1) is 11.8 Å². The van der Waals surface area contributed by atoms with Crippen LogP contribution in [0.2, 0.25) is 5.02 Å². The van der Waals surface area contributed by atoms with E-state index in [1.54, 1.807) is 18.7 Å². The average molecular weight is 312 g/mol. The number of aryl methyl sites for hydroxylation is 1. The summed E-state index contributed by atoms with van der Waals surface area (Å²) in [5.74, 6) is 1.05. The highest BCUT2D eigenvalue weighted by molar-refractivity contribution is 7.98. The highest BCUT2D eigenvalue weighted by atomic mass is 35.5. The summed E-state index contributed by atoms with van der Waals surface area (Å²) >= 11 is 7.50. The maximum Gasteiger partial charge on any atom is 0.186 e. The molecule has 0 fully saturated rings. The van der Waals surface area contributed by atoms with Gasteiger partial charge in [0.15, 0.2) is 11.6 Å². The van der Waals surface area contributed by atoms with E-state index in [0.29, 0.717) is 28.8 Å². The van der Waals surface area contributed by atoms with Gasteiger partial charge in [0.05, 0.1) is 11.4 Å². The van der Waals surface area contributed by atoms with Crippen molar-refractivity contribution in [2.45, 2.75) is 24.5 Å². The van der Waals surface area contributed by atoms with Gasteiger partial charge in [-0.25, -0.2) is 14.4 Å². The zero-order chi connectivity index (χ0) is 14.5. The SMILES string of the molecule is CCNc1nc(CSc2cccc(Cl)c2)nc(C)c1F. The van der Waals surface area contributed by atoms with Crippen LogP contribution in [-0.4, -0.2) is 16.5 Å². The van der Waals surface area contributed by atoms with Gasteiger partial charge in [0.2, 0.25) is 0 Å². The molecule has 0 amide bonds. The van der Waals surface area contributed by atoms with E-state index in [1.165, 1.54) is 0 Å². The van der Waals surface area contributed by atoms with E-state index in [4.69, 9.17) is 11.6 Å². The summed E-state index contributed by atoms with van der Waals surface area (Å²) in [5.41, 5.74) is 0.359. The molecule has 1 aromatic heterocycles. The van der Waals surface area contributed by atoms with Crippen LogP contribution >= 0.6 is 23.4 Å². The van der Waals surface area contributed by atoms with Crippen molar-refractivity contribution in [2.24, 2.45) is 0 Å². The average Bonchev–Trinajstić information content (AvgIpc) is 2.42. The molecule has 3 nitrogen and oxygen atoms in total. The molecule has 2 aromatic rings. The van der Waals surface area contributed by atoms with Crippen molar-refractivity contribution in [1.82, 2.24) is 9.97 Å². The van der Waals surface area contributed by atoms with Gasteiger partial charge in [0, 0.05) is 16.5 Å². The fraction of sp³-hybridized carbons (Fsp3) is 0.286. The molecule has 0 unspecified atom stereocenters. The second kappa shape index (κ2) is 6.90. The third-order valence-electron chi connectivity index (χ3n) is 2.57. The van der Waals surface area contributed by atoms with Crippen molar-refractivity contribution in [1.29, 1.82) is 0 Å². The molecule has 20 heavy (non-hydrogen) atoms. The predicted octanol–water partition coefficient (Wildman–Crippen LogP) is 4.30. The lowest BCUT2D eigenvalue weighted by Gasteiger charge is -2.08. The molecule has 1 N–H and O–H groups in total. The number of nitrogens with one attached hydrogen (secondary N) is 1. The number of halogens is 2. The van der Waals surface area contributed by atoms with Gasteiger partial charge in [-0.05, 0) is 32.0 Å². The van der Waals surface area contributed by atoms with Gasteiger partial charge in [0.1, 0.15) is 5.82 Å². The third-order valence-corrected chi connectivity index (χ3v) is 3.80. The van der Waals surface area contributed by atoms with Gasteiger partial charge in [-0.2, -0.15) is 0 Å². The minimum Gasteiger partial charge on any atom is -0.368 e. The van der Waals surface area contributed by atoms with Crippen molar-refractivity contribution in [3.63, 3.8) is 0 Å². The Morgan fingerprint density at radius 2 is 2.15 bits per heavy atom. The normalized spacial score (nSPS) is 10.6. The number of hydrogen-bond donors (Lipinski definition) is 1. The molecule has 106 valence electrons. The molecule has 0 saturated heterocycles. The summed E-state index contributed by atoms with van der Waals surface area (Å²) in [6.45, 7) is 4.16. The first-order valence-corrected chi connectivity index (χ1v) is 7.61. The van der Waals surface area contributed by atoms with Crippen LogP contribution in [0.4, 0.5) is 10.2 Å². The molecule has 1 aromatic carbocycles. The van der Waals surface area contributed by atoms with Crippen LogP contribution in [0.25, 0.3) is 0 Å². The zero-order valence-corrected chi connectivity index (χ0v) is 12.9. The van der Waals surface area contributed by atoms with Gasteiger partial charge in [-0.3, -0.25) is 0 Å². The van der Waals surface area contributed by atoms with Crippen molar-refractivity contribution >= 4 is 29.2 Å². The Labute approximate surface area is 127 Å². The Kier molecular flexibility index (Phi) is 5.20. The maximum absolute atomic E-state index is 13.8. The number of hydrogen-bond acceptors (Lipinski definition) is 4. The standard InChI is InChI=1S/C14H15ClFN3S/c1-3-17-14-13(16)9(2)18-12(19-14)8-20-11-6-4-5-10(15)7-11/h4-7H,3,8H2,1-2H3,(H,17,18,19). The van der Waals surface area contributed by atoms with Crippen molar-refractivity contribution < 1.29 is 4.39 Å². The largest absolute Gasteiger partial charge is 0.368 e. The Balaban J connectivity index is 2.13. The molecule has 0 atom stereocenters. The monoisotopic (exact) mass is 311 g/mol. The zero-order valence-electron chi connectivity index (χ0n) is 11.3. The smallest absolute Gasteiger partial charge is 0.186 e. The second-order valence-corrected chi connectivity index (χ2v) is 5.65. The molecule has 0 bridgehead atoms. The van der Waals surface area contributed by atoms with E-state index in [9.17, 15) is 4.39 Å². The molecule has 0 aliphatic rings. The van der Waals surface area contributed by atoms with E-state index in [1.807, 2.05) is 31.2 Å². The molecule has 2 rings (SSSR count).